The molecule has 0 saturated heterocycles. The van der Waals surface area contributed by atoms with Gasteiger partial charge in [-0.3, -0.25) is 4.79 Å². The first-order valence-corrected chi connectivity index (χ1v) is 3.62. The number of halogens is 1. The smallest absolute Gasteiger partial charge is 0.162 e. The van der Waals surface area contributed by atoms with Crippen LogP contribution in [0, 0.1) is 0 Å². The van der Waals surface area contributed by atoms with Crippen LogP contribution >= 0.6 is 12.4 Å². The molecular weight excluding hydrogens is 174 g/mol. The molecule has 0 spiro atoms. The average molecular weight is 186 g/mol. The van der Waals surface area contributed by atoms with Gasteiger partial charge in [-0.25, -0.2) is 0 Å². The van der Waals surface area contributed by atoms with Crippen LogP contribution in [-0.2, 0) is 0 Å². The summed E-state index contributed by atoms with van der Waals surface area (Å²) in [6.45, 7) is 1.84. The molecule has 0 bridgehead atoms. The molecule has 0 amide bonds. The number of carbonyl (C=O) groups excluding carboxylic acids is 1. The van der Waals surface area contributed by atoms with E-state index in [2.05, 4.69) is 0 Å². The van der Waals surface area contributed by atoms with Crippen LogP contribution in [0.2, 0.25) is 0 Å². The number of benzene rings is 1. The topological polar surface area (TPSA) is 43.1 Å². The Morgan fingerprint density at radius 1 is 1.50 bits per heavy atom. The molecule has 2 N–H and O–H groups in total. The molecule has 0 atom stereocenters. The molecule has 1 aromatic rings. The van der Waals surface area contributed by atoms with E-state index in [1.54, 1.807) is 24.3 Å². The zero-order valence-electron chi connectivity index (χ0n) is 6.91. The molecule has 1 aromatic carbocycles. The van der Waals surface area contributed by atoms with Crippen molar-refractivity contribution in [3.05, 3.63) is 29.8 Å². The number of hydrogen-bond donors (Lipinski definition) is 1. The highest BCUT2D eigenvalue weighted by molar-refractivity contribution is 5.96. The molecule has 0 unspecified atom stereocenters. The second-order valence-electron chi connectivity index (χ2n) is 2.40. The summed E-state index contributed by atoms with van der Waals surface area (Å²) in [5.74, 6) is 0.136. The van der Waals surface area contributed by atoms with Crippen molar-refractivity contribution in [2.45, 2.75) is 13.3 Å². The van der Waals surface area contributed by atoms with E-state index in [4.69, 9.17) is 5.73 Å². The number of anilines is 1. The average Bonchev–Trinajstić information content (AvgIpc) is 2.03. The molecule has 3 heteroatoms. The maximum Gasteiger partial charge on any atom is 0.162 e. The summed E-state index contributed by atoms with van der Waals surface area (Å²) in [7, 11) is 0. The fourth-order valence-electron chi connectivity index (χ4n) is 0.916. The van der Waals surface area contributed by atoms with Crippen LogP contribution in [0.1, 0.15) is 23.7 Å². The first-order chi connectivity index (χ1) is 5.24. The van der Waals surface area contributed by atoms with E-state index in [0.717, 1.165) is 0 Å². The quantitative estimate of drug-likeness (QED) is 0.568. The highest BCUT2D eigenvalue weighted by atomic mass is 35.5. The zero-order valence-corrected chi connectivity index (χ0v) is 7.73. The van der Waals surface area contributed by atoms with Crippen LogP contribution in [0.25, 0.3) is 0 Å². The van der Waals surface area contributed by atoms with Gasteiger partial charge >= 0.3 is 0 Å². The minimum atomic E-state index is 0. The van der Waals surface area contributed by atoms with Gasteiger partial charge in [-0.2, -0.15) is 0 Å². The Morgan fingerprint density at radius 2 is 2.17 bits per heavy atom. The van der Waals surface area contributed by atoms with Crippen molar-refractivity contribution in [3.8, 4) is 0 Å². The maximum atomic E-state index is 11.1. The van der Waals surface area contributed by atoms with Crippen LogP contribution in [-0.4, -0.2) is 5.78 Å². The van der Waals surface area contributed by atoms with Crippen molar-refractivity contribution >= 4 is 23.9 Å². The lowest BCUT2D eigenvalue weighted by atomic mass is 10.1. The van der Waals surface area contributed by atoms with Gasteiger partial charge in [-0.15, -0.1) is 12.4 Å². The standard InChI is InChI=1S/C9H11NO.ClH/c1-2-9(11)7-4-3-5-8(10)6-7;/h3-6H,2,10H2,1H3;1H. The number of nitrogen functional groups attached to an aromatic ring is 1. The number of hydrogen-bond acceptors (Lipinski definition) is 2. The molecule has 0 fully saturated rings. The van der Waals surface area contributed by atoms with Crippen LogP contribution < -0.4 is 5.73 Å². The lowest BCUT2D eigenvalue weighted by Crippen LogP contribution is -1.97. The number of carbonyl (C=O) groups is 1. The largest absolute Gasteiger partial charge is 0.399 e. The van der Waals surface area contributed by atoms with Crippen LogP contribution in [0.15, 0.2) is 24.3 Å². The van der Waals surface area contributed by atoms with Crippen molar-refractivity contribution in [1.29, 1.82) is 0 Å². The van der Waals surface area contributed by atoms with Crippen molar-refractivity contribution in [2.24, 2.45) is 0 Å². The highest BCUT2D eigenvalue weighted by Crippen LogP contribution is 2.08. The molecule has 0 radical (unpaired) electrons. The van der Waals surface area contributed by atoms with E-state index in [1.807, 2.05) is 6.92 Å². The van der Waals surface area contributed by atoms with E-state index in [-0.39, 0.29) is 18.2 Å². The molecule has 0 aromatic heterocycles. The van der Waals surface area contributed by atoms with Gasteiger partial charge in [0.1, 0.15) is 0 Å². The van der Waals surface area contributed by atoms with Crippen molar-refractivity contribution in [3.63, 3.8) is 0 Å². The highest BCUT2D eigenvalue weighted by Gasteiger charge is 2.00. The van der Waals surface area contributed by atoms with Gasteiger partial charge in [-0.05, 0) is 12.1 Å². The molecule has 0 aliphatic heterocycles. The summed E-state index contributed by atoms with van der Waals surface area (Å²) in [4.78, 5) is 11.1. The predicted molar refractivity (Wildman–Crippen MR) is 52.7 cm³/mol. The Balaban J connectivity index is 0.00000121. The number of rotatable bonds is 2. The summed E-state index contributed by atoms with van der Waals surface area (Å²) in [6, 6.07) is 7.04. The molecule has 2 nitrogen and oxygen atoms in total. The van der Waals surface area contributed by atoms with Crippen LogP contribution in [0.4, 0.5) is 5.69 Å². The molecule has 0 aliphatic rings. The van der Waals surface area contributed by atoms with Gasteiger partial charge in [0, 0.05) is 17.7 Å². The third-order valence-electron chi connectivity index (χ3n) is 1.53. The van der Waals surface area contributed by atoms with Gasteiger partial charge in [0.2, 0.25) is 0 Å². The molecule has 66 valence electrons. The number of ketones is 1. The van der Waals surface area contributed by atoms with Gasteiger partial charge in [-0.1, -0.05) is 19.1 Å². The Hall–Kier alpha value is -1.02. The number of Topliss-reactive ketones (excluding diaryl/α,β-unsaturated/α-hetero) is 1. The first kappa shape index (κ1) is 11.0. The predicted octanol–water partition coefficient (Wildman–Crippen LogP) is 2.28. The summed E-state index contributed by atoms with van der Waals surface area (Å²) in [5, 5.41) is 0. The SMILES string of the molecule is CCC(=O)c1cccc(N)c1.Cl. The zero-order chi connectivity index (χ0) is 8.27. The number of nitrogens with two attached hydrogens (primary N) is 1. The van der Waals surface area contributed by atoms with Gasteiger partial charge in [0.05, 0.1) is 0 Å². The fourth-order valence-corrected chi connectivity index (χ4v) is 0.916. The van der Waals surface area contributed by atoms with E-state index < -0.39 is 0 Å². The van der Waals surface area contributed by atoms with Crippen molar-refractivity contribution < 1.29 is 4.79 Å². The minimum Gasteiger partial charge on any atom is -0.399 e. The minimum absolute atomic E-state index is 0. The first-order valence-electron chi connectivity index (χ1n) is 3.62. The third kappa shape index (κ3) is 2.55. The van der Waals surface area contributed by atoms with E-state index in [1.165, 1.54) is 0 Å². The summed E-state index contributed by atoms with van der Waals surface area (Å²) >= 11 is 0. The van der Waals surface area contributed by atoms with Gasteiger partial charge in [0.25, 0.3) is 0 Å². The Morgan fingerprint density at radius 3 is 2.67 bits per heavy atom. The Kier molecular flexibility index (Phi) is 4.37. The third-order valence-corrected chi connectivity index (χ3v) is 1.53. The fraction of sp³-hybridized carbons (Fsp3) is 0.222. The summed E-state index contributed by atoms with van der Waals surface area (Å²) in [6.07, 6.45) is 0.531. The molecule has 0 aliphatic carbocycles. The Labute approximate surface area is 78.2 Å². The Bertz CT molecular complexity index is 273. The normalized spacial score (nSPS) is 8.75. The van der Waals surface area contributed by atoms with E-state index in [9.17, 15) is 4.79 Å². The van der Waals surface area contributed by atoms with Crippen molar-refractivity contribution in [1.82, 2.24) is 0 Å². The van der Waals surface area contributed by atoms with Crippen LogP contribution in [0.3, 0.4) is 0 Å². The van der Waals surface area contributed by atoms with Crippen LogP contribution in [0.5, 0.6) is 0 Å². The lowest BCUT2D eigenvalue weighted by Gasteiger charge is -1.97. The summed E-state index contributed by atoms with van der Waals surface area (Å²) < 4.78 is 0. The summed E-state index contributed by atoms with van der Waals surface area (Å²) in [5.41, 5.74) is 6.84. The van der Waals surface area contributed by atoms with Gasteiger partial charge in [0.15, 0.2) is 5.78 Å². The van der Waals surface area contributed by atoms with Gasteiger partial charge < -0.3 is 5.73 Å². The second kappa shape index (κ2) is 4.78. The van der Waals surface area contributed by atoms with E-state index in [0.29, 0.717) is 17.7 Å². The monoisotopic (exact) mass is 185 g/mol. The molecule has 0 heterocycles. The molecule has 1 rings (SSSR count). The molecule has 0 saturated carbocycles. The lowest BCUT2D eigenvalue weighted by molar-refractivity contribution is 0.0988. The maximum absolute atomic E-state index is 11.1. The molecular formula is C9H12ClNO. The molecule has 12 heavy (non-hydrogen) atoms. The van der Waals surface area contributed by atoms with E-state index >= 15 is 0 Å². The van der Waals surface area contributed by atoms with Crippen molar-refractivity contribution in [2.75, 3.05) is 5.73 Å². The second-order valence-corrected chi connectivity index (χ2v) is 2.40.